The Morgan fingerprint density at radius 3 is 2.41 bits per heavy atom. The Balaban J connectivity index is 0.000000860. The van der Waals surface area contributed by atoms with Crippen molar-refractivity contribution in [2.45, 2.75) is 70.8 Å². The van der Waals surface area contributed by atoms with E-state index in [0.717, 1.165) is 0 Å². The highest BCUT2D eigenvalue weighted by Gasteiger charge is 2.75. The Morgan fingerprint density at radius 2 is 1.84 bits per heavy atom. The van der Waals surface area contributed by atoms with E-state index in [2.05, 4.69) is 0 Å². The van der Waals surface area contributed by atoms with E-state index < -0.39 is 52.4 Å². The number of carbonyl (C=O) groups is 2. The predicted octanol–water partition coefficient (Wildman–Crippen LogP) is 1.07. The standard InChI is InChI=1S/C22H29FO5.C2H6O.H2O/c1-12-8-16-15-5-4-13-9-14(25)6-7-19(13,2)21(15,23)17(26)10-20(16,3)22(12,28)18(27)11-24;1-2-3;/h6-7,9,12,15-17,24,26,28H,4-5,8,10-11H2,1-3H3;3H,2H2,1H3;1H2/t12-,15+,16+,17+,19+,20+,21+,22+;;/m1../s1. The molecule has 4 aliphatic rings. The number of rotatable bonds is 2. The largest absolute Gasteiger partial charge is 0.412 e. The summed E-state index contributed by atoms with van der Waals surface area (Å²) in [6.45, 7) is 6.41. The Labute approximate surface area is 188 Å². The Bertz CT molecular complexity index is 825. The molecule has 0 saturated heterocycles. The van der Waals surface area contributed by atoms with Crippen LogP contribution in [-0.2, 0) is 9.59 Å². The van der Waals surface area contributed by atoms with Crippen molar-refractivity contribution in [1.29, 1.82) is 0 Å². The van der Waals surface area contributed by atoms with Gasteiger partial charge in [0, 0.05) is 23.4 Å². The highest BCUT2D eigenvalue weighted by atomic mass is 19.1. The first kappa shape index (κ1) is 26.8. The van der Waals surface area contributed by atoms with E-state index in [4.69, 9.17) is 5.11 Å². The molecular formula is C24H37FO7. The highest BCUT2D eigenvalue weighted by molar-refractivity contribution is 6.01. The van der Waals surface area contributed by atoms with Gasteiger partial charge in [-0.05, 0) is 63.5 Å². The maximum atomic E-state index is 16.9. The summed E-state index contributed by atoms with van der Waals surface area (Å²) in [6, 6.07) is 0. The minimum Gasteiger partial charge on any atom is -0.412 e. The van der Waals surface area contributed by atoms with Crippen molar-refractivity contribution < 1.29 is 39.9 Å². The van der Waals surface area contributed by atoms with E-state index in [0.29, 0.717) is 24.8 Å². The molecule has 0 aromatic carbocycles. The van der Waals surface area contributed by atoms with Gasteiger partial charge in [0.2, 0.25) is 0 Å². The monoisotopic (exact) mass is 456 g/mol. The van der Waals surface area contributed by atoms with Crippen molar-refractivity contribution in [2.75, 3.05) is 13.2 Å². The summed E-state index contributed by atoms with van der Waals surface area (Å²) in [5.41, 5.74) is -5.17. The smallest absolute Gasteiger partial charge is 0.190 e. The maximum absolute atomic E-state index is 16.9. The molecule has 0 amide bonds. The number of hydrogen-bond acceptors (Lipinski definition) is 6. The first-order valence-electron chi connectivity index (χ1n) is 11.2. The number of hydrogen-bond donors (Lipinski definition) is 4. The highest BCUT2D eigenvalue weighted by Crippen LogP contribution is 2.70. The van der Waals surface area contributed by atoms with E-state index in [1.54, 1.807) is 33.8 Å². The van der Waals surface area contributed by atoms with Crippen LogP contribution in [0.2, 0.25) is 0 Å². The molecule has 182 valence electrons. The molecular weight excluding hydrogens is 419 g/mol. The lowest BCUT2D eigenvalue weighted by Gasteiger charge is -2.62. The molecule has 0 aromatic heterocycles. The zero-order valence-electron chi connectivity index (χ0n) is 19.3. The minimum absolute atomic E-state index is 0. The molecule has 3 saturated carbocycles. The van der Waals surface area contributed by atoms with Gasteiger partial charge in [-0.2, -0.15) is 0 Å². The van der Waals surface area contributed by atoms with E-state index in [9.17, 15) is 24.9 Å². The molecule has 0 heterocycles. The molecule has 0 spiro atoms. The molecule has 0 unspecified atom stereocenters. The van der Waals surface area contributed by atoms with Crippen LogP contribution < -0.4 is 0 Å². The van der Waals surface area contributed by atoms with Crippen molar-refractivity contribution in [3.8, 4) is 0 Å². The van der Waals surface area contributed by atoms with Gasteiger partial charge in [0.1, 0.15) is 12.2 Å². The molecule has 0 aliphatic heterocycles. The summed E-state index contributed by atoms with van der Waals surface area (Å²) >= 11 is 0. The summed E-state index contributed by atoms with van der Waals surface area (Å²) in [7, 11) is 0. The van der Waals surface area contributed by atoms with Crippen molar-refractivity contribution in [3.63, 3.8) is 0 Å². The maximum Gasteiger partial charge on any atom is 0.190 e. The average molecular weight is 457 g/mol. The third-order valence-corrected chi connectivity index (χ3v) is 8.79. The number of aliphatic hydroxyl groups excluding tert-OH is 3. The van der Waals surface area contributed by atoms with Crippen molar-refractivity contribution in [2.24, 2.45) is 28.6 Å². The van der Waals surface area contributed by atoms with Crippen LogP contribution in [0.5, 0.6) is 0 Å². The summed E-state index contributed by atoms with van der Waals surface area (Å²) < 4.78 is 16.9. The fraction of sp³-hybridized carbons (Fsp3) is 0.750. The van der Waals surface area contributed by atoms with Gasteiger partial charge in [-0.15, -0.1) is 0 Å². The van der Waals surface area contributed by atoms with E-state index in [-0.39, 0.29) is 30.2 Å². The van der Waals surface area contributed by atoms with Gasteiger partial charge in [0.25, 0.3) is 0 Å². The van der Waals surface area contributed by atoms with Crippen molar-refractivity contribution in [1.82, 2.24) is 0 Å². The van der Waals surface area contributed by atoms with Gasteiger partial charge < -0.3 is 25.9 Å². The van der Waals surface area contributed by atoms with Gasteiger partial charge in [-0.25, -0.2) is 4.39 Å². The molecule has 8 atom stereocenters. The van der Waals surface area contributed by atoms with Crippen LogP contribution in [0.4, 0.5) is 4.39 Å². The number of allylic oxidation sites excluding steroid dienone is 4. The SMILES string of the molecule is CCO.C[C@@H]1C[C@H]2[C@@H]3CCC4=CC(=O)C=C[C@]4(C)[C@@]3(F)[C@@H](O)C[C@]2(C)[C@@]1(O)C(=O)CO.O. The number of ketones is 2. The van der Waals surface area contributed by atoms with E-state index in [1.165, 1.54) is 12.2 Å². The normalized spacial score (nSPS) is 46.5. The Kier molecular flexibility index (Phi) is 7.30. The summed E-state index contributed by atoms with van der Waals surface area (Å²) in [4.78, 5) is 24.4. The Morgan fingerprint density at radius 1 is 1.25 bits per heavy atom. The number of carbonyl (C=O) groups excluding carboxylic acids is 2. The van der Waals surface area contributed by atoms with Gasteiger partial charge in [-0.1, -0.05) is 25.5 Å². The van der Waals surface area contributed by atoms with Gasteiger partial charge in [0.05, 0.1) is 6.10 Å². The number of alkyl halides is 1. The predicted molar refractivity (Wildman–Crippen MR) is 116 cm³/mol. The molecule has 6 N–H and O–H groups in total. The lowest BCUT2D eigenvalue weighted by atomic mass is 9.44. The summed E-state index contributed by atoms with van der Waals surface area (Å²) in [5.74, 6) is -2.12. The summed E-state index contributed by atoms with van der Waals surface area (Å²) in [5, 5.41) is 39.5. The Hall–Kier alpha value is -1.45. The second kappa shape index (κ2) is 8.72. The fourth-order valence-corrected chi connectivity index (χ4v) is 7.26. The first-order valence-corrected chi connectivity index (χ1v) is 11.2. The number of Topliss-reactive ketones (excluding diaryl/α,β-unsaturated/α-hetero) is 1. The fourth-order valence-electron chi connectivity index (χ4n) is 7.26. The third kappa shape index (κ3) is 3.18. The van der Waals surface area contributed by atoms with Crippen LogP contribution in [0.15, 0.2) is 23.8 Å². The number of aliphatic hydroxyl groups is 4. The second-order valence-electron chi connectivity index (χ2n) is 10.1. The molecule has 32 heavy (non-hydrogen) atoms. The van der Waals surface area contributed by atoms with Crippen LogP contribution in [0.25, 0.3) is 0 Å². The zero-order valence-corrected chi connectivity index (χ0v) is 19.3. The van der Waals surface area contributed by atoms with E-state index in [1.807, 2.05) is 0 Å². The topological polar surface area (TPSA) is 147 Å². The zero-order chi connectivity index (χ0) is 23.4. The molecule has 8 heteroatoms. The second-order valence-corrected chi connectivity index (χ2v) is 10.1. The molecule has 3 fully saturated rings. The molecule has 7 nitrogen and oxygen atoms in total. The van der Waals surface area contributed by atoms with Crippen LogP contribution in [-0.4, -0.2) is 68.1 Å². The molecule has 4 aliphatic carbocycles. The average Bonchev–Trinajstić information content (AvgIpc) is 2.91. The number of halogens is 1. The van der Waals surface area contributed by atoms with Crippen LogP contribution in [0, 0.1) is 28.6 Å². The third-order valence-electron chi connectivity index (χ3n) is 8.79. The minimum atomic E-state index is -1.98. The molecule has 0 bridgehead atoms. The van der Waals surface area contributed by atoms with E-state index >= 15 is 4.39 Å². The van der Waals surface area contributed by atoms with Crippen LogP contribution in [0.3, 0.4) is 0 Å². The van der Waals surface area contributed by atoms with Crippen molar-refractivity contribution >= 4 is 11.6 Å². The number of fused-ring (bicyclic) bond motifs is 5. The molecule has 4 rings (SSSR count). The summed E-state index contributed by atoms with van der Waals surface area (Å²) in [6.07, 6.45) is 4.44. The molecule has 0 aromatic rings. The van der Waals surface area contributed by atoms with Gasteiger partial charge >= 0.3 is 0 Å². The lowest BCUT2D eigenvalue weighted by molar-refractivity contribution is -0.219. The van der Waals surface area contributed by atoms with Gasteiger partial charge in [-0.3, -0.25) is 9.59 Å². The van der Waals surface area contributed by atoms with Gasteiger partial charge in [0.15, 0.2) is 17.2 Å². The van der Waals surface area contributed by atoms with Crippen LogP contribution >= 0.6 is 0 Å². The first-order chi connectivity index (χ1) is 14.4. The lowest BCUT2D eigenvalue weighted by Crippen LogP contribution is -2.69. The molecule has 0 radical (unpaired) electrons. The van der Waals surface area contributed by atoms with Crippen LogP contribution in [0.1, 0.15) is 53.4 Å². The quantitative estimate of drug-likeness (QED) is 0.489. The van der Waals surface area contributed by atoms with Crippen molar-refractivity contribution in [3.05, 3.63) is 23.8 Å².